The zero-order chi connectivity index (χ0) is 20.1. The number of nitrogens with zero attached hydrogens (tertiary/aromatic N) is 2. The minimum Gasteiger partial charge on any atom is -0.350 e. The number of para-hydroxylation sites is 1. The van der Waals surface area contributed by atoms with Gasteiger partial charge in [0.05, 0.1) is 21.2 Å². The molecule has 1 atom stereocenters. The highest BCUT2D eigenvalue weighted by Crippen LogP contribution is 2.29. The van der Waals surface area contributed by atoms with Gasteiger partial charge < -0.3 is 9.88 Å². The summed E-state index contributed by atoms with van der Waals surface area (Å²) in [6, 6.07) is 7.57. The number of fused-ring (bicyclic) bond motifs is 1. The molecule has 0 bridgehead atoms. The number of sulfonamides is 1. The van der Waals surface area contributed by atoms with Crippen molar-refractivity contribution in [1.82, 2.24) is 14.2 Å². The fourth-order valence-electron chi connectivity index (χ4n) is 3.77. The van der Waals surface area contributed by atoms with Crippen LogP contribution in [0.5, 0.6) is 0 Å². The van der Waals surface area contributed by atoms with Gasteiger partial charge in [-0.2, -0.15) is 4.31 Å². The van der Waals surface area contributed by atoms with E-state index in [9.17, 15) is 21.6 Å². The third kappa shape index (κ3) is 3.49. The lowest BCUT2D eigenvalue weighted by atomic mass is 10.2. The number of sulfone groups is 1. The summed E-state index contributed by atoms with van der Waals surface area (Å²) in [6.07, 6.45) is 0.145. The molecule has 0 aliphatic carbocycles. The van der Waals surface area contributed by atoms with Crippen LogP contribution in [0, 0.1) is 0 Å². The summed E-state index contributed by atoms with van der Waals surface area (Å²) in [5, 5.41) is 0.0390. The highest BCUT2D eigenvalue weighted by molar-refractivity contribution is 9.10. The van der Waals surface area contributed by atoms with Gasteiger partial charge in [0.15, 0.2) is 9.84 Å². The lowest BCUT2D eigenvalue weighted by Gasteiger charge is -2.35. The maximum Gasteiger partial charge on any atom is 0.271 e. The Hall–Kier alpha value is -1.43. The molecule has 0 saturated carbocycles. The standard InChI is InChI=1S/C17H20BrN3O5S2/c18-15-13-3-1-2-4-14(13)19-16(15)17(22)20-6-8-21(9-7-20)28(25,26)12-5-10-27(23,24)11-12/h1-4,12,19H,5-11H2. The van der Waals surface area contributed by atoms with Crippen molar-refractivity contribution >= 4 is 52.6 Å². The molecule has 2 fully saturated rings. The van der Waals surface area contributed by atoms with Gasteiger partial charge in [0.1, 0.15) is 5.69 Å². The van der Waals surface area contributed by atoms with Gasteiger partial charge >= 0.3 is 0 Å². The molecule has 1 N–H and O–H groups in total. The van der Waals surface area contributed by atoms with Crippen LogP contribution in [0.3, 0.4) is 0 Å². The fourth-order valence-corrected chi connectivity index (χ4v) is 8.89. The van der Waals surface area contributed by atoms with E-state index in [2.05, 4.69) is 20.9 Å². The molecule has 1 aromatic carbocycles. The van der Waals surface area contributed by atoms with Crippen molar-refractivity contribution < 1.29 is 21.6 Å². The number of hydrogen-bond acceptors (Lipinski definition) is 5. The second-order valence-corrected chi connectivity index (χ2v) is 12.4. The van der Waals surface area contributed by atoms with Crippen LogP contribution in [0.4, 0.5) is 0 Å². The third-order valence-corrected chi connectivity index (χ3v) is 10.5. The van der Waals surface area contributed by atoms with Crippen LogP contribution in [0.1, 0.15) is 16.9 Å². The van der Waals surface area contributed by atoms with Crippen LogP contribution in [0.15, 0.2) is 28.7 Å². The molecule has 2 aliphatic heterocycles. The van der Waals surface area contributed by atoms with Gasteiger partial charge in [-0.15, -0.1) is 0 Å². The van der Waals surface area contributed by atoms with Crippen molar-refractivity contribution in [2.24, 2.45) is 0 Å². The van der Waals surface area contributed by atoms with Gasteiger partial charge in [-0.25, -0.2) is 16.8 Å². The summed E-state index contributed by atoms with van der Waals surface area (Å²) in [6.45, 7) is 0.865. The molecular formula is C17H20BrN3O5S2. The largest absolute Gasteiger partial charge is 0.350 e. The maximum atomic E-state index is 12.9. The molecule has 0 spiro atoms. The van der Waals surface area contributed by atoms with Crippen LogP contribution < -0.4 is 0 Å². The lowest BCUT2D eigenvalue weighted by molar-refractivity contribution is 0.0691. The monoisotopic (exact) mass is 489 g/mol. The Morgan fingerprint density at radius 3 is 2.43 bits per heavy atom. The lowest BCUT2D eigenvalue weighted by Crippen LogP contribution is -2.52. The number of nitrogens with one attached hydrogen (secondary N) is 1. The number of H-pyrrole nitrogens is 1. The Kier molecular flexibility index (Phi) is 5.05. The van der Waals surface area contributed by atoms with Gasteiger partial charge in [0.2, 0.25) is 10.0 Å². The third-order valence-electron chi connectivity index (χ3n) is 5.35. The number of halogens is 1. The van der Waals surface area contributed by atoms with Crippen LogP contribution in [0.25, 0.3) is 10.9 Å². The number of carbonyl (C=O) groups excluding carboxylic acids is 1. The van der Waals surface area contributed by atoms with Gasteiger partial charge in [-0.05, 0) is 28.4 Å². The molecule has 1 aromatic heterocycles. The van der Waals surface area contributed by atoms with Crippen molar-refractivity contribution in [3.05, 3.63) is 34.4 Å². The number of amides is 1. The second-order valence-electron chi connectivity index (χ2n) is 7.12. The van der Waals surface area contributed by atoms with Crippen molar-refractivity contribution in [3.8, 4) is 0 Å². The molecule has 0 radical (unpaired) electrons. The zero-order valence-corrected chi connectivity index (χ0v) is 18.2. The quantitative estimate of drug-likeness (QED) is 0.696. The van der Waals surface area contributed by atoms with E-state index in [1.807, 2.05) is 24.3 Å². The highest BCUT2D eigenvalue weighted by atomic mass is 79.9. The molecule has 1 amide bonds. The summed E-state index contributed by atoms with van der Waals surface area (Å²) in [4.78, 5) is 17.6. The number of piperazine rings is 1. The molecule has 4 rings (SSSR count). The first kappa shape index (κ1) is 19.9. The van der Waals surface area contributed by atoms with Crippen molar-refractivity contribution in [3.63, 3.8) is 0 Å². The summed E-state index contributed by atoms with van der Waals surface area (Å²) in [5.41, 5.74) is 1.29. The number of rotatable bonds is 3. The molecule has 2 saturated heterocycles. The highest BCUT2D eigenvalue weighted by Gasteiger charge is 2.41. The van der Waals surface area contributed by atoms with E-state index in [0.29, 0.717) is 10.2 Å². The van der Waals surface area contributed by atoms with Gasteiger partial charge in [0, 0.05) is 37.1 Å². The molecular weight excluding hydrogens is 470 g/mol. The minimum absolute atomic E-state index is 0.0796. The topological polar surface area (TPSA) is 108 Å². The molecule has 152 valence electrons. The fraction of sp³-hybridized carbons (Fsp3) is 0.471. The van der Waals surface area contributed by atoms with E-state index in [1.165, 1.54) is 4.31 Å². The van der Waals surface area contributed by atoms with E-state index in [0.717, 1.165) is 10.9 Å². The van der Waals surface area contributed by atoms with E-state index < -0.39 is 25.1 Å². The summed E-state index contributed by atoms with van der Waals surface area (Å²) >= 11 is 3.48. The summed E-state index contributed by atoms with van der Waals surface area (Å²) < 4.78 is 50.8. The molecule has 2 aromatic rings. The molecule has 1 unspecified atom stereocenters. The Labute approximate surface area is 172 Å². The molecule has 28 heavy (non-hydrogen) atoms. The van der Waals surface area contributed by atoms with Crippen LogP contribution in [0.2, 0.25) is 0 Å². The molecule has 2 aliphatic rings. The number of hydrogen-bond donors (Lipinski definition) is 1. The number of carbonyl (C=O) groups is 1. The van der Waals surface area contributed by atoms with E-state index in [-0.39, 0.29) is 50.0 Å². The molecule has 11 heteroatoms. The molecule has 3 heterocycles. The Morgan fingerprint density at radius 2 is 1.82 bits per heavy atom. The Balaban J connectivity index is 1.46. The van der Waals surface area contributed by atoms with Gasteiger partial charge in [-0.1, -0.05) is 18.2 Å². The minimum atomic E-state index is -3.68. The summed E-state index contributed by atoms with van der Waals surface area (Å²) in [7, 11) is -6.95. The first-order valence-corrected chi connectivity index (χ1v) is 13.1. The smallest absolute Gasteiger partial charge is 0.271 e. The van der Waals surface area contributed by atoms with Crippen molar-refractivity contribution in [2.75, 3.05) is 37.7 Å². The summed E-state index contributed by atoms with van der Waals surface area (Å²) in [5.74, 6) is -0.580. The van der Waals surface area contributed by atoms with Crippen molar-refractivity contribution in [2.45, 2.75) is 11.7 Å². The predicted octanol–water partition coefficient (Wildman–Crippen LogP) is 1.21. The van der Waals surface area contributed by atoms with Crippen LogP contribution >= 0.6 is 15.9 Å². The Morgan fingerprint density at radius 1 is 1.14 bits per heavy atom. The number of benzene rings is 1. The van der Waals surface area contributed by atoms with Crippen molar-refractivity contribution in [1.29, 1.82) is 0 Å². The zero-order valence-electron chi connectivity index (χ0n) is 15.0. The van der Waals surface area contributed by atoms with Crippen LogP contribution in [-0.4, -0.2) is 79.9 Å². The first-order chi connectivity index (χ1) is 13.2. The molecule has 8 nitrogen and oxygen atoms in total. The van der Waals surface area contributed by atoms with E-state index in [1.54, 1.807) is 4.90 Å². The number of aromatic nitrogens is 1. The first-order valence-electron chi connectivity index (χ1n) is 8.94. The number of aromatic amines is 1. The van der Waals surface area contributed by atoms with E-state index in [4.69, 9.17) is 0 Å². The average Bonchev–Trinajstić information content (AvgIpc) is 3.21. The SMILES string of the molecule is O=C(c1[nH]c2ccccc2c1Br)N1CCN(S(=O)(=O)C2CCS(=O)(=O)C2)CC1. The van der Waals surface area contributed by atoms with Gasteiger partial charge in [-0.3, -0.25) is 4.79 Å². The second kappa shape index (κ2) is 7.12. The average molecular weight is 490 g/mol. The predicted molar refractivity (Wildman–Crippen MR) is 109 cm³/mol. The van der Waals surface area contributed by atoms with Crippen LogP contribution in [-0.2, 0) is 19.9 Å². The maximum absolute atomic E-state index is 12.9. The van der Waals surface area contributed by atoms with Gasteiger partial charge in [0.25, 0.3) is 5.91 Å². The normalized spacial score (nSPS) is 23.3. The van der Waals surface area contributed by atoms with E-state index >= 15 is 0 Å². The Bertz CT molecular complexity index is 1130.